The van der Waals surface area contributed by atoms with Gasteiger partial charge in [0.2, 0.25) is 5.82 Å². The number of aryl methyl sites for hydroxylation is 4. The molecule has 6 aromatic heterocycles. The van der Waals surface area contributed by atoms with Crippen molar-refractivity contribution < 1.29 is 32.2 Å². The molecule has 0 atom stereocenters. The summed E-state index contributed by atoms with van der Waals surface area (Å²) in [5, 5.41) is 24.5. The second-order valence-electron chi connectivity index (χ2n) is 18.6. The van der Waals surface area contributed by atoms with Gasteiger partial charge in [-0.15, -0.1) is 0 Å². The summed E-state index contributed by atoms with van der Waals surface area (Å²) in [5.74, 6) is -3.44. The third-order valence-corrected chi connectivity index (χ3v) is 11.1. The molecule has 0 unspecified atom stereocenters. The van der Waals surface area contributed by atoms with Crippen LogP contribution in [0.15, 0.2) is 97.8 Å². The van der Waals surface area contributed by atoms with Gasteiger partial charge in [-0.25, -0.2) is 18.4 Å². The maximum absolute atomic E-state index is 16.5. The molecule has 0 aliphatic rings. The van der Waals surface area contributed by atoms with Crippen molar-refractivity contribution in [1.29, 1.82) is 0 Å². The highest BCUT2D eigenvalue weighted by Gasteiger charge is 2.37. The molecule has 2 aromatic carbocycles. The second kappa shape index (κ2) is 18.5. The van der Waals surface area contributed by atoms with Crippen molar-refractivity contribution in [3.63, 3.8) is 0 Å². The smallest absolute Gasteiger partial charge is 0.347 e. The zero-order valence-electron chi connectivity index (χ0n) is 40.4. The number of aromatic nitrogens is 10. The first kappa shape index (κ1) is 48.0. The molecule has 2 N–H and O–H groups in total. The molecule has 6 heterocycles. The summed E-state index contributed by atoms with van der Waals surface area (Å²) in [6.07, 6.45) is 9.81. The Hall–Kier alpha value is -8.49. The molecular formula is C49H51F3N14O4. The molecule has 362 valence electrons. The summed E-state index contributed by atoms with van der Waals surface area (Å²) in [6.45, 7) is 13.0. The van der Waals surface area contributed by atoms with Crippen LogP contribution in [0.4, 0.5) is 45.8 Å². The fourth-order valence-corrected chi connectivity index (χ4v) is 7.18. The quantitative estimate of drug-likeness (QED) is 0.125. The maximum atomic E-state index is 16.5. The van der Waals surface area contributed by atoms with Crippen LogP contribution < -0.4 is 30.1 Å². The molecule has 0 fully saturated rings. The van der Waals surface area contributed by atoms with Crippen molar-refractivity contribution >= 4 is 35.1 Å². The van der Waals surface area contributed by atoms with E-state index in [0.717, 1.165) is 27.7 Å². The zero-order chi connectivity index (χ0) is 50.4. The third-order valence-electron chi connectivity index (χ3n) is 11.1. The molecule has 70 heavy (non-hydrogen) atoms. The Kier molecular flexibility index (Phi) is 12.7. The molecule has 0 spiro atoms. The SMILES string of the molecule is Cc1c(Oc2ccnc(-c3cnn(C)c3)c2)ccc(NC(=O)N(c2cc(C(C)(C)C)nn2C)N(C(=O)Nc2ccc(Oc3ccnc(-c4cnn(C)c4)c3)c(F)c2F)c2cc(C(C)(C)C)nn2C)c1F. The Balaban J connectivity index is 1.15. The van der Waals surface area contributed by atoms with Gasteiger partial charge in [0.15, 0.2) is 29.0 Å². The standard InChI is InChI=1S/C49H51F3N14O4/c1-28-37(69-31-16-18-53-35(20-31)29-24-55-61(8)26-29)14-12-33(43(28)50)57-46(67)65(41-22-39(48(2,3)4)59-63(41)10)66(42-23-40(49(5,6)7)60-64(42)11)47(68)58-34-13-15-38(45(52)44(34)51)70-32-17-19-54-36(21-32)30-25-56-62(9)27-30/h12-27H,1-11H3,(H,57,67)(H,58,68). The van der Waals surface area contributed by atoms with Crippen LogP contribution in [0.25, 0.3) is 22.5 Å². The van der Waals surface area contributed by atoms with Crippen LogP contribution >= 0.6 is 0 Å². The fraction of sp³-hybridized carbons (Fsp3) is 0.265. The lowest BCUT2D eigenvalue weighted by Crippen LogP contribution is -2.55. The maximum Gasteiger partial charge on any atom is 0.347 e. The average molecular weight is 957 g/mol. The van der Waals surface area contributed by atoms with Crippen molar-refractivity contribution in [3.8, 4) is 45.5 Å². The van der Waals surface area contributed by atoms with Crippen molar-refractivity contribution in [2.75, 3.05) is 20.7 Å². The van der Waals surface area contributed by atoms with Crippen molar-refractivity contribution in [2.45, 2.75) is 59.3 Å². The molecule has 0 radical (unpaired) electrons. The molecule has 0 aliphatic carbocycles. The molecule has 8 rings (SSSR count). The van der Waals surface area contributed by atoms with E-state index in [4.69, 9.17) is 9.47 Å². The first-order chi connectivity index (χ1) is 33.0. The number of benzene rings is 2. The van der Waals surface area contributed by atoms with Crippen LogP contribution in [0.3, 0.4) is 0 Å². The number of ether oxygens (including phenoxy) is 2. The second-order valence-corrected chi connectivity index (χ2v) is 18.6. The fourth-order valence-electron chi connectivity index (χ4n) is 7.18. The summed E-state index contributed by atoms with van der Waals surface area (Å²) in [5.41, 5.74) is 1.63. The van der Waals surface area contributed by atoms with E-state index in [-0.39, 0.29) is 34.4 Å². The van der Waals surface area contributed by atoms with Gasteiger partial charge in [-0.3, -0.25) is 28.7 Å². The zero-order valence-corrected chi connectivity index (χ0v) is 40.4. The van der Waals surface area contributed by atoms with E-state index in [2.05, 4.69) is 41.0 Å². The van der Waals surface area contributed by atoms with Gasteiger partial charge in [0.1, 0.15) is 17.2 Å². The van der Waals surface area contributed by atoms with Gasteiger partial charge in [-0.1, -0.05) is 41.5 Å². The number of carbonyl (C=O) groups is 2. The Morgan fingerprint density at radius 1 is 0.586 bits per heavy atom. The molecule has 8 aromatic rings. The molecule has 18 nitrogen and oxygen atoms in total. The first-order valence-electron chi connectivity index (χ1n) is 21.9. The highest BCUT2D eigenvalue weighted by molar-refractivity contribution is 6.12. The topological polar surface area (TPSA) is 180 Å². The van der Waals surface area contributed by atoms with E-state index >= 15 is 18.0 Å². The summed E-state index contributed by atoms with van der Waals surface area (Å²) < 4.78 is 66.6. The number of nitrogens with zero attached hydrogens (tertiary/aromatic N) is 12. The molecule has 0 aliphatic heterocycles. The van der Waals surface area contributed by atoms with Crippen LogP contribution in [0.1, 0.15) is 58.5 Å². The molecule has 4 amide bonds. The number of nitrogens with one attached hydrogen (secondary N) is 2. The highest BCUT2D eigenvalue weighted by Crippen LogP contribution is 2.36. The normalized spacial score (nSPS) is 11.7. The Bertz CT molecular complexity index is 3060. The monoisotopic (exact) mass is 956 g/mol. The number of hydrazine groups is 1. The lowest BCUT2D eigenvalue weighted by atomic mass is 9.92. The van der Waals surface area contributed by atoms with Crippen LogP contribution in [0.2, 0.25) is 0 Å². The van der Waals surface area contributed by atoms with Crippen molar-refractivity contribution in [3.05, 3.63) is 132 Å². The number of amides is 4. The van der Waals surface area contributed by atoms with Gasteiger partial charge in [0.25, 0.3) is 0 Å². The van der Waals surface area contributed by atoms with Gasteiger partial charge in [-0.2, -0.15) is 34.8 Å². The van der Waals surface area contributed by atoms with Crippen LogP contribution in [0.5, 0.6) is 23.0 Å². The lowest BCUT2D eigenvalue weighted by molar-refractivity contribution is 0.247. The Labute approximate surface area is 401 Å². The number of urea groups is 2. The molecule has 0 saturated heterocycles. The molecular weight excluding hydrogens is 906 g/mol. The summed E-state index contributed by atoms with van der Waals surface area (Å²) in [6, 6.07) is 12.4. The average Bonchev–Trinajstić information content (AvgIpc) is 4.12. The van der Waals surface area contributed by atoms with Crippen LogP contribution in [-0.2, 0) is 39.0 Å². The predicted octanol–water partition coefficient (Wildman–Crippen LogP) is 10.3. The van der Waals surface area contributed by atoms with Gasteiger partial charge in [0.05, 0.1) is 46.5 Å². The molecule has 0 saturated carbocycles. The summed E-state index contributed by atoms with van der Waals surface area (Å²) >= 11 is 0. The minimum atomic E-state index is -1.46. The van der Waals surface area contributed by atoms with E-state index in [1.54, 1.807) is 98.9 Å². The Morgan fingerprint density at radius 3 is 1.43 bits per heavy atom. The van der Waals surface area contributed by atoms with E-state index < -0.39 is 51.8 Å². The summed E-state index contributed by atoms with van der Waals surface area (Å²) in [7, 11) is 6.66. The van der Waals surface area contributed by atoms with Crippen LogP contribution in [0, 0.1) is 24.4 Å². The van der Waals surface area contributed by atoms with Crippen LogP contribution in [-0.4, -0.2) is 61.2 Å². The Morgan fingerprint density at radius 2 is 1.01 bits per heavy atom. The molecule has 21 heteroatoms. The van der Waals surface area contributed by atoms with E-state index in [9.17, 15) is 4.79 Å². The number of anilines is 4. The largest absolute Gasteiger partial charge is 0.457 e. The van der Waals surface area contributed by atoms with Gasteiger partial charge >= 0.3 is 12.1 Å². The molecule has 0 bridgehead atoms. The van der Waals surface area contributed by atoms with Gasteiger partial charge in [0, 0.05) is 105 Å². The van der Waals surface area contributed by atoms with E-state index in [0.29, 0.717) is 34.1 Å². The van der Waals surface area contributed by atoms with Crippen molar-refractivity contribution in [2.24, 2.45) is 28.2 Å². The number of pyridine rings is 2. The first-order valence-corrected chi connectivity index (χ1v) is 21.9. The van der Waals surface area contributed by atoms with Gasteiger partial charge in [-0.05, 0) is 43.3 Å². The van der Waals surface area contributed by atoms with Gasteiger partial charge < -0.3 is 20.1 Å². The predicted molar refractivity (Wildman–Crippen MR) is 257 cm³/mol. The minimum Gasteiger partial charge on any atom is -0.457 e. The van der Waals surface area contributed by atoms with Crippen molar-refractivity contribution in [1.82, 2.24) is 49.1 Å². The number of halogens is 3. The number of carbonyl (C=O) groups excluding carboxylic acids is 2. The number of hydrogen-bond acceptors (Lipinski definition) is 10. The highest BCUT2D eigenvalue weighted by atomic mass is 19.2. The van der Waals surface area contributed by atoms with E-state index in [1.807, 2.05) is 41.5 Å². The number of hydrogen-bond donors (Lipinski definition) is 2. The lowest BCUT2D eigenvalue weighted by Gasteiger charge is -2.34. The van der Waals surface area contributed by atoms with E-state index in [1.165, 1.54) is 40.7 Å². The minimum absolute atomic E-state index is 0.0161. The number of rotatable bonds is 10. The summed E-state index contributed by atoms with van der Waals surface area (Å²) in [4.78, 5) is 38.7. The third kappa shape index (κ3) is 9.89.